The van der Waals surface area contributed by atoms with Gasteiger partial charge in [0.05, 0.1) is 30.3 Å². The smallest absolute Gasteiger partial charge is 0.261 e. The Morgan fingerprint density at radius 3 is 2.17 bits per heavy atom. The highest BCUT2D eigenvalue weighted by Gasteiger charge is 2.20. The predicted molar refractivity (Wildman–Crippen MR) is 153 cm³/mol. The fraction of sp³-hybridized carbons (Fsp3) is 0.0667. The zero-order valence-corrected chi connectivity index (χ0v) is 23.0. The molecule has 0 saturated heterocycles. The average molecular weight is 592 g/mol. The zero-order valence-electron chi connectivity index (χ0n) is 22.2. The largest absolute Gasteiger partial charge is 0.497 e. The van der Waals surface area contributed by atoms with Crippen LogP contribution in [-0.2, 0) is 10.0 Å². The van der Waals surface area contributed by atoms with E-state index in [1.54, 1.807) is 30.3 Å². The lowest BCUT2D eigenvalue weighted by Gasteiger charge is -2.13. The van der Waals surface area contributed by atoms with Crippen molar-refractivity contribution in [2.24, 2.45) is 0 Å². The summed E-state index contributed by atoms with van der Waals surface area (Å²) in [6.45, 7) is 0. The van der Waals surface area contributed by atoms with Crippen molar-refractivity contribution in [1.29, 1.82) is 0 Å². The molecule has 1 aromatic heterocycles. The van der Waals surface area contributed by atoms with Gasteiger partial charge in [0.25, 0.3) is 15.9 Å². The average Bonchev–Trinajstić information content (AvgIpc) is 2.98. The summed E-state index contributed by atoms with van der Waals surface area (Å²) in [5.41, 5.74) is 0.820. The van der Waals surface area contributed by atoms with Crippen molar-refractivity contribution >= 4 is 38.2 Å². The number of nitrogens with zero attached hydrogens (tertiary/aromatic N) is 1. The molecule has 0 fully saturated rings. The first-order valence-corrected chi connectivity index (χ1v) is 13.8. The topological polar surface area (TPSA) is 116 Å². The number of nitrogens with one attached hydrogen (secondary N) is 2. The fourth-order valence-electron chi connectivity index (χ4n) is 3.99. The first-order chi connectivity index (χ1) is 20.2. The van der Waals surface area contributed by atoms with Crippen molar-refractivity contribution in [2.75, 3.05) is 24.3 Å². The van der Waals surface area contributed by atoms with Crippen LogP contribution in [0.5, 0.6) is 23.1 Å². The molecule has 0 bridgehead atoms. The number of methoxy groups -OCH3 is 2. The Morgan fingerprint density at radius 2 is 1.48 bits per heavy atom. The number of para-hydroxylation sites is 1. The van der Waals surface area contributed by atoms with Crippen LogP contribution >= 0.6 is 0 Å². The Bertz CT molecular complexity index is 1900. The molecule has 1 heterocycles. The van der Waals surface area contributed by atoms with Crippen LogP contribution in [0.15, 0.2) is 95.9 Å². The van der Waals surface area contributed by atoms with Gasteiger partial charge in [-0.05, 0) is 60.7 Å². The van der Waals surface area contributed by atoms with Gasteiger partial charge < -0.3 is 19.5 Å². The Balaban J connectivity index is 1.38. The van der Waals surface area contributed by atoms with Gasteiger partial charge in [0, 0.05) is 23.2 Å². The Hall–Kier alpha value is -5.23. The summed E-state index contributed by atoms with van der Waals surface area (Å²) in [4.78, 5) is 17.6. The lowest BCUT2D eigenvalue weighted by molar-refractivity contribution is 0.102. The van der Waals surface area contributed by atoms with Crippen LogP contribution in [0.3, 0.4) is 0 Å². The van der Waals surface area contributed by atoms with Crippen LogP contribution in [0.2, 0.25) is 0 Å². The number of carbonyl (C=O) groups is 1. The van der Waals surface area contributed by atoms with Crippen LogP contribution in [0.4, 0.5) is 20.2 Å². The lowest BCUT2D eigenvalue weighted by Crippen LogP contribution is -2.15. The first-order valence-electron chi connectivity index (χ1n) is 12.4. The van der Waals surface area contributed by atoms with Crippen molar-refractivity contribution in [3.63, 3.8) is 0 Å². The number of sulfonamides is 1. The van der Waals surface area contributed by atoms with Crippen LogP contribution < -0.4 is 24.2 Å². The minimum atomic E-state index is -4.07. The molecule has 5 aromatic rings. The van der Waals surface area contributed by atoms with E-state index in [2.05, 4.69) is 15.0 Å². The second kappa shape index (κ2) is 11.7. The molecule has 0 aliphatic rings. The summed E-state index contributed by atoms with van der Waals surface area (Å²) in [5.74, 6) is -2.09. The molecule has 42 heavy (non-hydrogen) atoms. The number of pyridine rings is 1. The van der Waals surface area contributed by atoms with E-state index in [1.807, 2.05) is 0 Å². The molecule has 0 spiro atoms. The Labute approximate surface area is 239 Å². The standard InChI is InChI=1S/C30H23F2N3O6S/c1-39-21-10-14-28(25(32)17-21)41-30-23(15-18-5-3-4-6-26(18)34-30)29(36)33-19-7-11-22(12-8-19)42(37,38)35-20-9-13-27(40-2)24(31)16-20/h3-17,35H,1-2H3,(H,33,36). The summed E-state index contributed by atoms with van der Waals surface area (Å²) < 4.78 is 72.1. The minimum absolute atomic E-state index is 0.00955. The number of hydrogen-bond donors (Lipinski definition) is 2. The quantitative estimate of drug-likeness (QED) is 0.205. The number of halogens is 2. The van der Waals surface area contributed by atoms with E-state index >= 15 is 0 Å². The van der Waals surface area contributed by atoms with Crippen molar-refractivity contribution in [2.45, 2.75) is 4.90 Å². The Kier molecular flexibility index (Phi) is 7.89. The molecule has 214 valence electrons. The number of aromatic nitrogens is 1. The van der Waals surface area contributed by atoms with Gasteiger partial charge in [-0.25, -0.2) is 22.2 Å². The van der Waals surface area contributed by atoms with Gasteiger partial charge in [0.1, 0.15) is 11.3 Å². The SMILES string of the molecule is COc1ccc(Oc2nc3ccccc3cc2C(=O)Nc2ccc(S(=O)(=O)Nc3ccc(OC)c(F)c3)cc2)c(F)c1. The number of rotatable bonds is 9. The summed E-state index contributed by atoms with van der Waals surface area (Å²) in [6, 6.07) is 21.6. The van der Waals surface area contributed by atoms with E-state index in [9.17, 15) is 22.0 Å². The van der Waals surface area contributed by atoms with Crippen LogP contribution in [0, 0.1) is 11.6 Å². The van der Waals surface area contributed by atoms with Gasteiger partial charge in [-0.3, -0.25) is 9.52 Å². The van der Waals surface area contributed by atoms with Crippen LogP contribution in [0.25, 0.3) is 10.9 Å². The number of ether oxygens (including phenoxy) is 3. The second-order valence-corrected chi connectivity index (χ2v) is 10.5. The lowest BCUT2D eigenvalue weighted by atomic mass is 10.1. The molecule has 0 atom stereocenters. The van der Waals surface area contributed by atoms with E-state index in [0.29, 0.717) is 16.7 Å². The zero-order chi connectivity index (χ0) is 29.9. The van der Waals surface area contributed by atoms with Crippen LogP contribution in [-0.4, -0.2) is 33.5 Å². The molecule has 0 unspecified atom stereocenters. The summed E-state index contributed by atoms with van der Waals surface area (Å²) in [6.07, 6.45) is 0. The van der Waals surface area contributed by atoms with Gasteiger partial charge in [-0.15, -0.1) is 0 Å². The van der Waals surface area contributed by atoms with Crippen molar-refractivity contribution in [3.8, 4) is 23.1 Å². The first kappa shape index (κ1) is 28.3. The third-order valence-corrected chi connectivity index (χ3v) is 7.50. The molecule has 9 nitrogen and oxygen atoms in total. The molecule has 0 aliphatic heterocycles. The molecule has 0 radical (unpaired) electrons. The monoisotopic (exact) mass is 591 g/mol. The number of anilines is 2. The van der Waals surface area contributed by atoms with Gasteiger partial charge >= 0.3 is 0 Å². The maximum Gasteiger partial charge on any atom is 0.261 e. The predicted octanol–water partition coefficient (Wildman–Crippen LogP) is 6.38. The molecular formula is C30H23F2N3O6S. The molecule has 1 amide bonds. The fourth-order valence-corrected chi connectivity index (χ4v) is 5.04. The van der Waals surface area contributed by atoms with Crippen molar-refractivity contribution in [3.05, 3.63) is 108 Å². The highest BCUT2D eigenvalue weighted by atomic mass is 32.2. The molecule has 0 aliphatic carbocycles. The van der Waals surface area contributed by atoms with E-state index in [1.165, 1.54) is 62.8 Å². The molecule has 2 N–H and O–H groups in total. The highest BCUT2D eigenvalue weighted by molar-refractivity contribution is 7.92. The van der Waals surface area contributed by atoms with Gasteiger partial charge in [-0.1, -0.05) is 18.2 Å². The number of amides is 1. The second-order valence-electron chi connectivity index (χ2n) is 8.87. The van der Waals surface area contributed by atoms with Gasteiger partial charge in [0.2, 0.25) is 5.88 Å². The van der Waals surface area contributed by atoms with Gasteiger partial charge in [0.15, 0.2) is 23.1 Å². The van der Waals surface area contributed by atoms with Crippen molar-refractivity contribution in [1.82, 2.24) is 4.98 Å². The van der Waals surface area contributed by atoms with E-state index in [0.717, 1.165) is 12.1 Å². The molecule has 0 saturated carbocycles. The molecular weight excluding hydrogens is 568 g/mol. The Morgan fingerprint density at radius 1 is 0.786 bits per heavy atom. The third-order valence-electron chi connectivity index (χ3n) is 6.11. The van der Waals surface area contributed by atoms with E-state index in [-0.39, 0.29) is 39.2 Å². The normalized spacial score (nSPS) is 11.1. The van der Waals surface area contributed by atoms with Gasteiger partial charge in [-0.2, -0.15) is 0 Å². The van der Waals surface area contributed by atoms with Crippen LogP contribution in [0.1, 0.15) is 10.4 Å². The molecule has 5 rings (SSSR count). The highest BCUT2D eigenvalue weighted by Crippen LogP contribution is 2.31. The maximum absolute atomic E-state index is 14.6. The summed E-state index contributed by atoms with van der Waals surface area (Å²) >= 11 is 0. The number of benzene rings is 4. The number of hydrogen-bond acceptors (Lipinski definition) is 7. The number of carbonyl (C=O) groups excluding carboxylic acids is 1. The van der Waals surface area contributed by atoms with E-state index in [4.69, 9.17) is 14.2 Å². The van der Waals surface area contributed by atoms with E-state index < -0.39 is 27.6 Å². The summed E-state index contributed by atoms with van der Waals surface area (Å²) in [5, 5.41) is 3.33. The maximum atomic E-state index is 14.6. The van der Waals surface area contributed by atoms with Crippen molar-refractivity contribution < 1.29 is 36.2 Å². The number of fused-ring (bicyclic) bond motifs is 1. The molecule has 4 aromatic carbocycles. The minimum Gasteiger partial charge on any atom is -0.497 e. The molecule has 12 heteroatoms. The summed E-state index contributed by atoms with van der Waals surface area (Å²) in [7, 11) is -1.36. The third kappa shape index (κ3) is 6.08.